The molecule has 0 aliphatic carbocycles. The van der Waals surface area contributed by atoms with Crippen LogP contribution in [0, 0.1) is 10.1 Å². The van der Waals surface area contributed by atoms with E-state index in [-0.39, 0.29) is 18.3 Å². The highest BCUT2D eigenvalue weighted by atomic mass is 16.6. The van der Waals surface area contributed by atoms with Gasteiger partial charge in [0.15, 0.2) is 0 Å². The molecule has 3 rings (SSSR count). The number of ether oxygens (including phenoxy) is 2. The number of aromatic nitrogens is 3. The van der Waals surface area contributed by atoms with Crippen LogP contribution < -0.4 is 10.1 Å². The number of carbonyl (C=O) groups excluding carboxylic acids is 1. The largest absolute Gasteiger partial charge is 0.462 e. The van der Waals surface area contributed by atoms with Crippen LogP contribution in [0.4, 0.5) is 17.2 Å². The number of nitrogens with one attached hydrogen (secondary N) is 1. The molecule has 1 N–H and O–H groups in total. The molecule has 0 aliphatic heterocycles. The average Bonchev–Trinajstić information content (AvgIpc) is 2.69. The first kappa shape index (κ1) is 18.7. The van der Waals surface area contributed by atoms with Crippen LogP contribution >= 0.6 is 0 Å². The number of hydrogen-bond acceptors (Lipinski definition) is 9. The molecule has 2 aromatic heterocycles. The second kappa shape index (κ2) is 8.54. The van der Waals surface area contributed by atoms with E-state index in [0.717, 1.165) is 6.33 Å². The first-order valence-electron chi connectivity index (χ1n) is 8.20. The van der Waals surface area contributed by atoms with Crippen molar-refractivity contribution in [1.29, 1.82) is 0 Å². The lowest BCUT2D eigenvalue weighted by atomic mass is 10.2. The molecule has 0 aliphatic rings. The van der Waals surface area contributed by atoms with Gasteiger partial charge < -0.3 is 14.8 Å². The fraction of sp³-hybridized carbons (Fsp3) is 0.111. The molecule has 10 nitrogen and oxygen atoms in total. The van der Waals surface area contributed by atoms with Gasteiger partial charge in [-0.25, -0.2) is 9.78 Å². The molecule has 0 fully saturated rings. The second-order valence-electron chi connectivity index (χ2n) is 5.35. The van der Waals surface area contributed by atoms with Crippen LogP contribution in [0.25, 0.3) is 0 Å². The number of benzene rings is 1. The molecule has 0 radical (unpaired) electrons. The standard InChI is InChI=1S/C18H15N5O5/c1-2-27-18(24)12-5-3-6-13(9-12)22-16-15(23(25)26)17(21-11-20-16)28-14-7-4-8-19-10-14/h3-11H,2H2,1H3,(H,20,21,22). The fourth-order valence-electron chi connectivity index (χ4n) is 2.29. The monoisotopic (exact) mass is 381 g/mol. The van der Waals surface area contributed by atoms with E-state index in [1.807, 2.05) is 0 Å². The zero-order valence-corrected chi connectivity index (χ0v) is 14.7. The number of nitrogens with zero attached hydrogens (tertiary/aromatic N) is 4. The Kier molecular flexibility index (Phi) is 5.70. The van der Waals surface area contributed by atoms with Gasteiger partial charge in [0.05, 0.1) is 23.3 Å². The normalized spacial score (nSPS) is 10.2. The maximum absolute atomic E-state index is 11.9. The Bertz CT molecular complexity index is 997. The summed E-state index contributed by atoms with van der Waals surface area (Å²) in [6.45, 7) is 1.94. The van der Waals surface area contributed by atoms with E-state index in [1.54, 1.807) is 43.5 Å². The van der Waals surface area contributed by atoms with Gasteiger partial charge in [0.1, 0.15) is 12.1 Å². The Morgan fingerprint density at radius 1 is 1.25 bits per heavy atom. The van der Waals surface area contributed by atoms with Crippen molar-refractivity contribution in [3.63, 3.8) is 0 Å². The first-order chi connectivity index (χ1) is 13.6. The van der Waals surface area contributed by atoms with Gasteiger partial charge in [0.2, 0.25) is 5.82 Å². The third-order valence-corrected chi connectivity index (χ3v) is 3.46. The van der Waals surface area contributed by atoms with Gasteiger partial charge in [0.25, 0.3) is 0 Å². The predicted molar refractivity (Wildman–Crippen MR) is 98.7 cm³/mol. The molecular formula is C18H15N5O5. The SMILES string of the molecule is CCOC(=O)c1cccc(Nc2ncnc(Oc3cccnc3)c2[N+](=O)[O-])c1. The number of hydrogen-bond donors (Lipinski definition) is 1. The number of rotatable bonds is 7. The molecule has 0 spiro atoms. The van der Waals surface area contributed by atoms with Crippen LogP contribution in [-0.2, 0) is 4.74 Å². The number of carbonyl (C=O) groups is 1. The molecule has 28 heavy (non-hydrogen) atoms. The zero-order chi connectivity index (χ0) is 19.9. The first-order valence-corrected chi connectivity index (χ1v) is 8.20. The Hall–Kier alpha value is -4.08. The van der Waals surface area contributed by atoms with Crippen molar-refractivity contribution in [2.24, 2.45) is 0 Å². The molecular weight excluding hydrogens is 366 g/mol. The average molecular weight is 381 g/mol. The quantitative estimate of drug-likeness (QED) is 0.371. The molecule has 3 aromatic rings. The summed E-state index contributed by atoms with van der Waals surface area (Å²) in [5.74, 6) is -0.527. The summed E-state index contributed by atoms with van der Waals surface area (Å²) in [4.78, 5) is 34.5. The maximum Gasteiger partial charge on any atom is 0.373 e. The molecule has 1 aromatic carbocycles. The smallest absolute Gasteiger partial charge is 0.373 e. The van der Waals surface area contributed by atoms with Crippen molar-refractivity contribution >= 4 is 23.2 Å². The van der Waals surface area contributed by atoms with Crippen molar-refractivity contribution in [2.45, 2.75) is 6.92 Å². The molecule has 0 saturated carbocycles. The minimum absolute atomic E-state index is 0.0834. The van der Waals surface area contributed by atoms with Crippen molar-refractivity contribution in [3.8, 4) is 11.6 Å². The van der Waals surface area contributed by atoms with Crippen LogP contribution in [0.3, 0.4) is 0 Å². The minimum Gasteiger partial charge on any atom is -0.462 e. The van der Waals surface area contributed by atoms with E-state index in [0.29, 0.717) is 17.0 Å². The molecule has 142 valence electrons. The van der Waals surface area contributed by atoms with E-state index in [1.165, 1.54) is 12.3 Å². The number of esters is 1. The van der Waals surface area contributed by atoms with Crippen molar-refractivity contribution in [2.75, 3.05) is 11.9 Å². The molecule has 0 bridgehead atoms. The van der Waals surface area contributed by atoms with E-state index in [9.17, 15) is 14.9 Å². The van der Waals surface area contributed by atoms with E-state index >= 15 is 0 Å². The number of anilines is 2. The summed E-state index contributed by atoms with van der Waals surface area (Å²) in [5, 5.41) is 14.4. The number of pyridine rings is 1. The van der Waals surface area contributed by atoms with Crippen LogP contribution in [0.5, 0.6) is 11.6 Å². The van der Waals surface area contributed by atoms with Gasteiger partial charge in [0, 0.05) is 11.9 Å². The molecule has 0 atom stereocenters. The highest BCUT2D eigenvalue weighted by Crippen LogP contribution is 2.35. The summed E-state index contributed by atoms with van der Waals surface area (Å²) in [6.07, 6.45) is 4.09. The summed E-state index contributed by atoms with van der Waals surface area (Å²) < 4.78 is 10.4. The Balaban J connectivity index is 1.92. The zero-order valence-electron chi connectivity index (χ0n) is 14.7. The molecule has 0 amide bonds. The Labute approximate surface area is 159 Å². The van der Waals surface area contributed by atoms with E-state index < -0.39 is 16.6 Å². The summed E-state index contributed by atoms with van der Waals surface area (Å²) in [6, 6.07) is 9.56. The van der Waals surface area contributed by atoms with Crippen molar-refractivity contribution in [1.82, 2.24) is 15.0 Å². The van der Waals surface area contributed by atoms with Crippen LogP contribution in [0.15, 0.2) is 55.1 Å². The van der Waals surface area contributed by atoms with Gasteiger partial charge in [-0.1, -0.05) is 6.07 Å². The highest BCUT2D eigenvalue weighted by Gasteiger charge is 2.25. The second-order valence-corrected chi connectivity index (χ2v) is 5.35. The third kappa shape index (κ3) is 4.36. The van der Waals surface area contributed by atoms with Crippen LogP contribution in [-0.4, -0.2) is 32.5 Å². The lowest BCUT2D eigenvalue weighted by Crippen LogP contribution is -2.06. The van der Waals surface area contributed by atoms with Crippen molar-refractivity contribution in [3.05, 3.63) is 70.8 Å². The lowest BCUT2D eigenvalue weighted by Gasteiger charge is -2.10. The van der Waals surface area contributed by atoms with E-state index in [2.05, 4.69) is 20.3 Å². The Morgan fingerprint density at radius 3 is 2.82 bits per heavy atom. The predicted octanol–water partition coefficient (Wildman–Crippen LogP) is 3.49. The molecule has 0 saturated heterocycles. The van der Waals surface area contributed by atoms with Crippen molar-refractivity contribution < 1.29 is 19.2 Å². The minimum atomic E-state index is -0.650. The van der Waals surface area contributed by atoms with Crippen LogP contribution in [0.2, 0.25) is 0 Å². The third-order valence-electron chi connectivity index (χ3n) is 3.46. The molecule has 10 heteroatoms. The van der Waals surface area contributed by atoms with Crippen LogP contribution in [0.1, 0.15) is 17.3 Å². The Morgan fingerprint density at radius 2 is 2.11 bits per heavy atom. The summed E-state index contributed by atoms with van der Waals surface area (Å²) in [5.41, 5.74) is 0.267. The molecule has 0 unspecified atom stereocenters. The fourth-order valence-corrected chi connectivity index (χ4v) is 2.29. The highest BCUT2D eigenvalue weighted by molar-refractivity contribution is 5.90. The van der Waals surface area contributed by atoms with Gasteiger partial charge >= 0.3 is 17.5 Å². The summed E-state index contributed by atoms with van der Waals surface area (Å²) in [7, 11) is 0. The number of nitro groups is 1. The lowest BCUT2D eigenvalue weighted by molar-refractivity contribution is -0.385. The van der Waals surface area contributed by atoms with Gasteiger partial charge in [-0.15, -0.1) is 0 Å². The summed E-state index contributed by atoms with van der Waals surface area (Å²) >= 11 is 0. The van der Waals surface area contributed by atoms with Gasteiger partial charge in [-0.3, -0.25) is 15.1 Å². The van der Waals surface area contributed by atoms with Gasteiger partial charge in [-0.05, 0) is 37.3 Å². The maximum atomic E-state index is 11.9. The molecule has 2 heterocycles. The topological polar surface area (TPSA) is 129 Å². The van der Waals surface area contributed by atoms with Gasteiger partial charge in [-0.2, -0.15) is 4.98 Å². The van der Waals surface area contributed by atoms with E-state index in [4.69, 9.17) is 9.47 Å².